The molecule has 0 N–H and O–H groups in total. The summed E-state index contributed by atoms with van der Waals surface area (Å²) in [4.78, 5) is 12.1. The molecule has 1 saturated heterocycles. The second-order valence-electron chi connectivity index (χ2n) is 5.13. The number of alkyl halides is 1. The molecule has 2 unspecified atom stereocenters. The van der Waals surface area contributed by atoms with Crippen LogP contribution in [0, 0.1) is 5.92 Å². The van der Waals surface area contributed by atoms with Crippen molar-refractivity contribution in [2.45, 2.75) is 38.1 Å². The number of allylic oxidation sites excluding steroid dienone is 3. The molecule has 2 rings (SSSR count). The van der Waals surface area contributed by atoms with E-state index < -0.39 is 0 Å². The van der Waals surface area contributed by atoms with Crippen LogP contribution in [0.5, 0.6) is 0 Å². The SMILES string of the molecule is CC1=CC(N2C(=O)[C@@H](Br)C(C)N2C)=CC(C)C1. The van der Waals surface area contributed by atoms with E-state index in [4.69, 9.17) is 0 Å². The molecule has 3 nitrogen and oxygen atoms in total. The van der Waals surface area contributed by atoms with Crippen molar-refractivity contribution in [1.29, 1.82) is 0 Å². The van der Waals surface area contributed by atoms with Crippen LogP contribution in [0.1, 0.15) is 27.2 Å². The van der Waals surface area contributed by atoms with Crippen molar-refractivity contribution in [3.63, 3.8) is 0 Å². The zero-order chi connectivity index (χ0) is 12.7. The molecule has 94 valence electrons. The summed E-state index contributed by atoms with van der Waals surface area (Å²) >= 11 is 3.47. The molecule has 1 heterocycles. The maximum absolute atomic E-state index is 12.2. The van der Waals surface area contributed by atoms with Gasteiger partial charge in [-0.1, -0.05) is 34.5 Å². The topological polar surface area (TPSA) is 23.6 Å². The molecular weight excluding hydrogens is 280 g/mol. The van der Waals surface area contributed by atoms with E-state index in [1.54, 1.807) is 5.01 Å². The van der Waals surface area contributed by atoms with E-state index in [9.17, 15) is 4.79 Å². The predicted octanol–water partition coefficient (Wildman–Crippen LogP) is 2.70. The van der Waals surface area contributed by atoms with Gasteiger partial charge in [0.05, 0.1) is 5.70 Å². The lowest BCUT2D eigenvalue weighted by Gasteiger charge is -2.30. The van der Waals surface area contributed by atoms with Gasteiger partial charge in [-0.25, -0.2) is 10.0 Å². The van der Waals surface area contributed by atoms with Crippen molar-refractivity contribution in [2.75, 3.05) is 7.05 Å². The lowest BCUT2D eigenvalue weighted by atomic mass is 9.95. The smallest absolute Gasteiger partial charge is 0.256 e. The van der Waals surface area contributed by atoms with Gasteiger partial charge in [0.2, 0.25) is 0 Å². The number of carbonyl (C=O) groups excluding carboxylic acids is 1. The summed E-state index contributed by atoms with van der Waals surface area (Å²) in [7, 11) is 1.97. The highest BCUT2D eigenvalue weighted by Crippen LogP contribution is 2.32. The van der Waals surface area contributed by atoms with Crippen molar-refractivity contribution < 1.29 is 4.79 Å². The Balaban J connectivity index is 2.32. The van der Waals surface area contributed by atoms with Crippen molar-refractivity contribution >= 4 is 21.8 Å². The van der Waals surface area contributed by atoms with Crippen LogP contribution < -0.4 is 0 Å². The number of hydrogen-bond donors (Lipinski definition) is 0. The van der Waals surface area contributed by atoms with Crippen LogP contribution in [0.3, 0.4) is 0 Å². The Hall–Kier alpha value is -0.610. The molecule has 2 aliphatic rings. The minimum atomic E-state index is -0.112. The molecule has 0 aromatic heterocycles. The molecule has 17 heavy (non-hydrogen) atoms. The summed E-state index contributed by atoms with van der Waals surface area (Å²) in [6, 6.07) is 0.189. The molecule has 4 heteroatoms. The highest BCUT2D eigenvalue weighted by atomic mass is 79.9. The quantitative estimate of drug-likeness (QED) is 0.695. The van der Waals surface area contributed by atoms with Crippen LogP contribution in [0.25, 0.3) is 0 Å². The van der Waals surface area contributed by atoms with E-state index in [0.29, 0.717) is 5.92 Å². The summed E-state index contributed by atoms with van der Waals surface area (Å²) in [5.41, 5.74) is 2.35. The van der Waals surface area contributed by atoms with Crippen LogP contribution in [0.2, 0.25) is 0 Å². The molecule has 1 aliphatic carbocycles. The monoisotopic (exact) mass is 298 g/mol. The largest absolute Gasteiger partial charge is 0.272 e. The summed E-state index contributed by atoms with van der Waals surface area (Å²) in [6.07, 6.45) is 5.38. The third kappa shape index (κ3) is 2.20. The number of carbonyl (C=O) groups is 1. The maximum atomic E-state index is 12.2. The minimum Gasteiger partial charge on any atom is -0.272 e. The predicted molar refractivity (Wildman–Crippen MR) is 72.4 cm³/mol. The Bertz CT molecular complexity index is 402. The third-order valence-electron chi connectivity index (χ3n) is 3.51. The second kappa shape index (κ2) is 4.58. The Kier molecular flexibility index (Phi) is 3.46. The molecule has 0 spiro atoms. The first-order valence-corrected chi connectivity index (χ1v) is 6.93. The van der Waals surface area contributed by atoms with Crippen molar-refractivity contribution in [2.24, 2.45) is 5.92 Å². The fraction of sp³-hybridized carbons (Fsp3) is 0.615. The number of nitrogens with zero attached hydrogens (tertiary/aromatic N) is 2. The molecule has 1 fully saturated rings. The van der Waals surface area contributed by atoms with Gasteiger partial charge in [0.25, 0.3) is 5.91 Å². The molecule has 0 aromatic rings. The Morgan fingerprint density at radius 3 is 2.53 bits per heavy atom. The van der Waals surface area contributed by atoms with Gasteiger partial charge >= 0.3 is 0 Å². The average molecular weight is 299 g/mol. The Morgan fingerprint density at radius 2 is 2.06 bits per heavy atom. The molecule has 0 saturated carbocycles. The van der Waals surface area contributed by atoms with E-state index in [1.165, 1.54) is 5.57 Å². The first-order valence-electron chi connectivity index (χ1n) is 6.01. The van der Waals surface area contributed by atoms with Crippen molar-refractivity contribution in [3.8, 4) is 0 Å². The summed E-state index contributed by atoms with van der Waals surface area (Å²) in [5, 5.41) is 3.80. The molecular formula is C13H19BrN2O. The van der Waals surface area contributed by atoms with Gasteiger partial charge in [-0.3, -0.25) is 4.79 Å². The van der Waals surface area contributed by atoms with Gasteiger partial charge in [0.1, 0.15) is 4.83 Å². The number of hydrogen-bond acceptors (Lipinski definition) is 2. The summed E-state index contributed by atoms with van der Waals surface area (Å²) in [6.45, 7) is 6.37. The Labute approximate surface area is 111 Å². The first-order chi connectivity index (χ1) is 7.91. The van der Waals surface area contributed by atoms with Crippen LogP contribution >= 0.6 is 15.9 Å². The minimum absolute atomic E-state index is 0.112. The highest BCUT2D eigenvalue weighted by Gasteiger charge is 2.42. The highest BCUT2D eigenvalue weighted by molar-refractivity contribution is 9.10. The van der Waals surface area contributed by atoms with Gasteiger partial charge in [-0.05, 0) is 32.3 Å². The molecule has 3 atom stereocenters. The molecule has 0 aromatic carbocycles. The fourth-order valence-corrected chi connectivity index (χ4v) is 3.05. The maximum Gasteiger partial charge on any atom is 0.256 e. The molecule has 1 amide bonds. The van der Waals surface area contributed by atoms with Crippen LogP contribution in [0.15, 0.2) is 23.4 Å². The average Bonchev–Trinajstić information content (AvgIpc) is 2.42. The van der Waals surface area contributed by atoms with E-state index in [-0.39, 0.29) is 16.8 Å². The summed E-state index contributed by atoms with van der Waals surface area (Å²) in [5.74, 6) is 0.630. The lowest BCUT2D eigenvalue weighted by molar-refractivity contribution is -0.132. The zero-order valence-corrected chi connectivity index (χ0v) is 12.4. The molecule has 1 aliphatic heterocycles. The normalized spacial score (nSPS) is 35.0. The first kappa shape index (κ1) is 12.8. The molecule has 0 radical (unpaired) electrons. The number of halogens is 1. The van der Waals surface area contributed by atoms with Crippen LogP contribution in [0.4, 0.5) is 0 Å². The van der Waals surface area contributed by atoms with E-state index in [0.717, 1.165) is 12.1 Å². The van der Waals surface area contributed by atoms with Gasteiger partial charge in [-0.2, -0.15) is 0 Å². The second-order valence-corrected chi connectivity index (χ2v) is 6.12. The lowest BCUT2D eigenvalue weighted by Crippen LogP contribution is -2.38. The van der Waals surface area contributed by atoms with Gasteiger partial charge in [0, 0.05) is 13.1 Å². The van der Waals surface area contributed by atoms with E-state index in [2.05, 4.69) is 48.9 Å². The number of amides is 1. The van der Waals surface area contributed by atoms with Crippen LogP contribution in [-0.4, -0.2) is 33.8 Å². The number of hydrazine groups is 1. The van der Waals surface area contributed by atoms with E-state index in [1.807, 2.05) is 12.1 Å². The van der Waals surface area contributed by atoms with Gasteiger partial charge < -0.3 is 0 Å². The fourth-order valence-electron chi connectivity index (χ4n) is 2.51. The Morgan fingerprint density at radius 1 is 1.41 bits per heavy atom. The van der Waals surface area contributed by atoms with Gasteiger partial charge in [-0.15, -0.1) is 0 Å². The molecule has 0 bridgehead atoms. The van der Waals surface area contributed by atoms with E-state index >= 15 is 0 Å². The third-order valence-corrected chi connectivity index (χ3v) is 4.67. The summed E-state index contributed by atoms with van der Waals surface area (Å²) < 4.78 is 0. The van der Waals surface area contributed by atoms with Crippen molar-refractivity contribution in [1.82, 2.24) is 10.0 Å². The number of rotatable bonds is 1. The zero-order valence-electron chi connectivity index (χ0n) is 10.8. The van der Waals surface area contributed by atoms with Crippen molar-refractivity contribution in [3.05, 3.63) is 23.4 Å². The standard InChI is InChI=1S/C13H19BrN2O/c1-8-5-9(2)7-11(6-8)16-13(17)12(14)10(3)15(16)4/h6-8,10,12H,5H2,1-4H3/t8?,10?,12-/m0/s1. The van der Waals surface area contributed by atoms with Gasteiger partial charge in [0.15, 0.2) is 0 Å². The van der Waals surface area contributed by atoms with Crippen LogP contribution in [-0.2, 0) is 4.79 Å².